The van der Waals surface area contributed by atoms with Crippen molar-refractivity contribution in [1.29, 1.82) is 0 Å². The minimum atomic E-state index is -2.45. The Kier molecular flexibility index (Phi) is 14.2. The number of alkyl halides is 1. The van der Waals surface area contributed by atoms with E-state index in [0.717, 1.165) is 18.9 Å². The zero-order valence-electron chi connectivity index (χ0n) is 15.5. The number of unbranched alkanes of at least 4 members (excludes halogenated alkanes) is 3. The van der Waals surface area contributed by atoms with Gasteiger partial charge in [0.25, 0.3) is 0 Å². The maximum atomic E-state index is 6.75. The van der Waals surface area contributed by atoms with Crippen LogP contribution in [-0.4, -0.2) is 35.0 Å². The van der Waals surface area contributed by atoms with Crippen molar-refractivity contribution in [1.82, 2.24) is 6.15 Å². The molecule has 0 amide bonds. The Hall–Kier alpha value is 0.347. The highest BCUT2D eigenvalue weighted by Gasteiger charge is 2.38. The molecule has 136 valence electrons. The van der Waals surface area contributed by atoms with Gasteiger partial charge in [0.1, 0.15) is 0 Å². The summed E-state index contributed by atoms with van der Waals surface area (Å²) in [6.07, 6.45) is 8.36. The molecule has 3 N–H and O–H groups in total. The van der Waals surface area contributed by atoms with Gasteiger partial charge in [-0.3, -0.25) is 0 Å². The van der Waals surface area contributed by atoms with E-state index < -0.39 is 8.80 Å². The molecule has 0 rings (SSSR count). The first-order chi connectivity index (χ1) is 9.87. The molecule has 0 radical (unpaired) electrons. The van der Waals surface area contributed by atoms with Gasteiger partial charge in [0.15, 0.2) is 0 Å². The molecule has 0 bridgehead atoms. The predicted octanol–water partition coefficient (Wildman–Crippen LogP) is 5.41. The van der Waals surface area contributed by atoms with Crippen molar-refractivity contribution in [2.75, 3.05) is 21.3 Å². The average Bonchev–Trinajstić information content (AvgIpc) is 2.48. The molecule has 22 heavy (non-hydrogen) atoms. The number of hydrogen-bond donors (Lipinski definition) is 1. The van der Waals surface area contributed by atoms with E-state index in [1.54, 1.807) is 21.3 Å². The first-order valence-corrected chi connectivity index (χ1v) is 10.5. The molecule has 2 unspecified atom stereocenters. The largest absolute Gasteiger partial charge is 0.500 e. The van der Waals surface area contributed by atoms with Crippen molar-refractivity contribution in [3.63, 3.8) is 0 Å². The van der Waals surface area contributed by atoms with Crippen molar-refractivity contribution in [3.8, 4) is 0 Å². The first kappa shape index (κ1) is 24.6. The molecule has 0 heterocycles. The highest BCUT2D eigenvalue weighted by atomic mass is 35.5. The number of halogens is 1. The summed E-state index contributed by atoms with van der Waals surface area (Å²) in [5, 5.41) is 0. The fourth-order valence-corrected chi connectivity index (χ4v) is 4.60. The van der Waals surface area contributed by atoms with Crippen molar-refractivity contribution >= 4 is 20.4 Å². The van der Waals surface area contributed by atoms with Crippen LogP contribution in [0.5, 0.6) is 0 Å². The Balaban J connectivity index is 0. The van der Waals surface area contributed by atoms with E-state index in [0.29, 0.717) is 5.92 Å². The van der Waals surface area contributed by atoms with Crippen molar-refractivity contribution < 1.29 is 13.3 Å². The van der Waals surface area contributed by atoms with Gasteiger partial charge < -0.3 is 19.4 Å². The highest BCUT2D eigenvalue weighted by molar-refractivity contribution is 6.60. The molecule has 0 aromatic carbocycles. The average molecular weight is 356 g/mol. The van der Waals surface area contributed by atoms with E-state index in [1.165, 1.54) is 32.1 Å². The summed E-state index contributed by atoms with van der Waals surface area (Å²) >= 11 is 6.75. The Labute approximate surface area is 144 Å². The maximum Gasteiger partial charge on any atom is 0.500 e. The summed E-state index contributed by atoms with van der Waals surface area (Å²) in [6.45, 7) is 6.67. The van der Waals surface area contributed by atoms with Crippen LogP contribution in [-0.2, 0) is 13.3 Å². The van der Waals surface area contributed by atoms with Gasteiger partial charge in [-0.1, -0.05) is 39.5 Å². The Morgan fingerprint density at radius 2 is 1.55 bits per heavy atom. The summed E-state index contributed by atoms with van der Waals surface area (Å²) < 4.78 is 16.4. The van der Waals surface area contributed by atoms with Gasteiger partial charge in [-0.2, -0.15) is 0 Å². The fourth-order valence-electron chi connectivity index (χ4n) is 2.63. The third-order valence-electron chi connectivity index (χ3n) is 4.60. The Bertz CT molecular complexity index is 256. The molecule has 0 spiro atoms. The van der Waals surface area contributed by atoms with E-state index in [2.05, 4.69) is 20.8 Å². The standard InChI is InChI=1S/C16H35ClO3Si.H3N/c1-7-8-9-10-12-15(2)16(3,17)13-11-14-21(18-4,19-5)20-6;/h15H,7-14H2,1-6H3;1H3. The second-order valence-corrected chi connectivity index (χ2v) is 10.1. The smallest absolute Gasteiger partial charge is 0.377 e. The van der Waals surface area contributed by atoms with Crippen LogP contribution < -0.4 is 6.15 Å². The van der Waals surface area contributed by atoms with E-state index >= 15 is 0 Å². The van der Waals surface area contributed by atoms with Gasteiger partial charge in [-0.15, -0.1) is 11.6 Å². The summed E-state index contributed by atoms with van der Waals surface area (Å²) in [5.41, 5.74) is 0. The van der Waals surface area contributed by atoms with Gasteiger partial charge in [0, 0.05) is 32.2 Å². The zero-order chi connectivity index (χ0) is 16.4. The lowest BCUT2D eigenvalue weighted by Gasteiger charge is -2.31. The van der Waals surface area contributed by atoms with Crippen LogP contribution in [0.3, 0.4) is 0 Å². The molecule has 0 fully saturated rings. The normalized spacial score (nSPS) is 16.0. The Morgan fingerprint density at radius 1 is 1.00 bits per heavy atom. The van der Waals surface area contributed by atoms with Crippen molar-refractivity contribution in [3.05, 3.63) is 0 Å². The van der Waals surface area contributed by atoms with Crippen molar-refractivity contribution in [2.24, 2.45) is 5.92 Å². The van der Waals surface area contributed by atoms with E-state index in [9.17, 15) is 0 Å². The van der Waals surface area contributed by atoms with Gasteiger partial charge in [0.2, 0.25) is 0 Å². The monoisotopic (exact) mass is 355 g/mol. The minimum Gasteiger partial charge on any atom is -0.377 e. The minimum absolute atomic E-state index is 0. The molecule has 0 aromatic rings. The summed E-state index contributed by atoms with van der Waals surface area (Å²) in [4.78, 5) is -0.151. The van der Waals surface area contributed by atoms with E-state index in [1.807, 2.05) is 0 Å². The molecule has 0 saturated carbocycles. The SMILES string of the molecule is CCCCCCC(C)C(C)(Cl)CCC[Si](OC)(OC)OC.N. The molecule has 2 atom stereocenters. The van der Waals surface area contributed by atoms with Crippen LogP contribution in [0.15, 0.2) is 0 Å². The predicted molar refractivity (Wildman–Crippen MR) is 98.0 cm³/mol. The molecular formula is C16H38ClNO3Si. The number of hydrogen-bond acceptors (Lipinski definition) is 4. The van der Waals surface area contributed by atoms with Gasteiger partial charge >= 0.3 is 8.80 Å². The quantitative estimate of drug-likeness (QED) is 0.272. The molecule has 0 aliphatic carbocycles. The summed E-state index contributed by atoms with van der Waals surface area (Å²) in [5.74, 6) is 0.528. The lowest BCUT2D eigenvalue weighted by molar-refractivity contribution is 0.122. The third-order valence-corrected chi connectivity index (χ3v) is 7.99. The second-order valence-electron chi connectivity index (χ2n) is 6.18. The van der Waals surface area contributed by atoms with Gasteiger partial charge in [-0.25, -0.2) is 0 Å². The lowest BCUT2D eigenvalue weighted by atomic mass is 9.86. The molecule has 0 aromatic heterocycles. The molecule has 0 saturated heterocycles. The Morgan fingerprint density at radius 3 is 2.00 bits per heavy atom. The molecule has 0 aliphatic heterocycles. The second kappa shape index (κ2) is 12.7. The maximum absolute atomic E-state index is 6.75. The van der Waals surface area contributed by atoms with Crippen molar-refractivity contribution in [2.45, 2.75) is 76.6 Å². The van der Waals surface area contributed by atoms with Gasteiger partial charge in [-0.05, 0) is 32.1 Å². The molecule has 0 aliphatic rings. The first-order valence-electron chi connectivity index (χ1n) is 8.21. The summed E-state index contributed by atoms with van der Waals surface area (Å²) in [7, 11) is 2.54. The zero-order valence-corrected chi connectivity index (χ0v) is 17.3. The molecule has 6 heteroatoms. The van der Waals surface area contributed by atoms with E-state index in [-0.39, 0.29) is 11.0 Å². The lowest BCUT2D eigenvalue weighted by Crippen LogP contribution is -2.43. The van der Waals surface area contributed by atoms with Gasteiger partial charge in [0.05, 0.1) is 0 Å². The van der Waals surface area contributed by atoms with Crippen LogP contribution in [0.4, 0.5) is 0 Å². The van der Waals surface area contributed by atoms with Crippen LogP contribution in [0.1, 0.15) is 65.7 Å². The highest BCUT2D eigenvalue weighted by Crippen LogP contribution is 2.35. The van der Waals surface area contributed by atoms with Crippen LogP contribution in [0.2, 0.25) is 6.04 Å². The molecular weight excluding hydrogens is 318 g/mol. The van der Waals surface area contributed by atoms with Crippen LogP contribution in [0, 0.1) is 5.92 Å². The van der Waals surface area contributed by atoms with Crippen LogP contribution >= 0.6 is 11.6 Å². The molecule has 4 nitrogen and oxygen atoms in total. The third kappa shape index (κ3) is 8.84. The summed E-state index contributed by atoms with van der Waals surface area (Å²) in [6, 6.07) is 0.821. The topological polar surface area (TPSA) is 62.7 Å². The van der Waals surface area contributed by atoms with Crippen LogP contribution in [0.25, 0.3) is 0 Å². The van der Waals surface area contributed by atoms with E-state index in [4.69, 9.17) is 24.9 Å². The number of rotatable bonds is 13. The fraction of sp³-hybridized carbons (Fsp3) is 1.00.